The zero-order chi connectivity index (χ0) is 21.8. The fourth-order valence-corrected chi connectivity index (χ4v) is 4.38. The van der Waals surface area contributed by atoms with Crippen molar-refractivity contribution in [2.75, 3.05) is 6.54 Å². The van der Waals surface area contributed by atoms with Crippen molar-refractivity contribution in [1.29, 1.82) is 5.26 Å². The van der Waals surface area contributed by atoms with Crippen molar-refractivity contribution in [3.05, 3.63) is 71.8 Å². The number of benzene rings is 2. The normalized spacial score (nSPS) is 20.0. The molecule has 1 heterocycles. The van der Waals surface area contributed by atoms with Crippen molar-refractivity contribution in [1.82, 2.24) is 15.1 Å². The van der Waals surface area contributed by atoms with Crippen LogP contribution in [0.4, 0.5) is 4.79 Å². The summed E-state index contributed by atoms with van der Waals surface area (Å²) in [4.78, 5) is 41.7. The number of nitrogens with one attached hydrogen (secondary N) is 1. The third kappa shape index (κ3) is 4.15. The van der Waals surface area contributed by atoms with Gasteiger partial charge in [0.15, 0.2) is 0 Å². The van der Waals surface area contributed by atoms with E-state index in [1.54, 1.807) is 12.1 Å². The Morgan fingerprint density at radius 1 is 1.03 bits per heavy atom. The summed E-state index contributed by atoms with van der Waals surface area (Å²) in [6.07, 6.45) is 2.92. The fraction of sp³-hybridized carbons (Fsp3) is 0.333. The van der Waals surface area contributed by atoms with Gasteiger partial charge in [-0.2, -0.15) is 5.26 Å². The standard InChI is InChI=1S/C24H24N4O3/c25-17-24(13-7-8-14-24)26-20(29)16-28-22(30)21(19-11-5-2-6-12-19)27(23(28)31)15-18-9-3-1-4-10-18/h1-6,9-12,21H,7-8,13-16H2,(H,26,29). The number of urea groups is 1. The summed E-state index contributed by atoms with van der Waals surface area (Å²) < 4.78 is 0. The van der Waals surface area contributed by atoms with E-state index in [1.807, 2.05) is 48.5 Å². The summed E-state index contributed by atoms with van der Waals surface area (Å²) in [6.45, 7) is -0.138. The molecule has 158 valence electrons. The second-order valence-corrected chi connectivity index (χ2v) is 8.08. The minimum atomic E-state index is -0.897. The minimum Gasteiger partial charge on any atom is -0.336 e. The SMILES string of the molecule is N#CC1(NC(=O)CN2C(=O)C(c3ccccc3)N(Cc3ccccc3)C2=O)CCCC1. The average molecular weight is 416 g/mol. The predicted octanol–water partition coefficient (Wildman–Crippen LogP) is 3.14. The molecule has 1 saturated carbocycles. The summed E-state index contributed by atoms with van der Waals surface area (Å²) in [6, 6.07) is 19.4. The van der Waals surface area contributed by atoms with E-state index in [-0.39, 0.29) is 6.54 Å². The molecule has 2 fully saturated rings. The zero-order valence-corrected chi connectivity index (χ0v) is 17.2. The Balaban J connectivity index is 1.57. The van der Waals surface area contributed by atoms with Gasteiger partial charge in [0.25, 0.3) is 5.91 Å². The molecule has 4 rings (SSSR count). The molecule has 1 atom stereocenters. The first kappa shape index (κ1) is 20.6. The largest absolute Gasteiger partial charge is 0.336 e. The second-order valence-electron chi connectivity index (χ2n) is 8.08. The number of rotatable bonds is 6. The lowest BCUT2D eigenvalue weighted by atomic mass is 10.00. The van der Waals surface area contributed by atoms with Gasteiger partial charge >= 0.3 is 6.03 Å². The molecule has 1 saturated heterocycles. The number of imide groups is 1. The minimum absolute atomic E-state index is 0.255. The Labute approximate surface area is 181 Å². The topological polar surface area (TPSA) is 93.5 Å². The van der Waals surface area contributed by atoms with Crippen LogP contribution in [0.15, 0.2) is 60.7 Å². The van der Waals surface area contributed by atoms with E-state index in [9.17, 15) is 19.6 Å². The zero-order valence-electron chi connectivity index (χ0n) is 17.2. The molecule has 1 N–H and O–H groups in total. The fourth-order valence-electron chi connectivity index (χ4n) is 4.38. The molecule has 2 aromatic carbocycles. The molecule has 7 nitrogen and oxygen atoms in total. The number of amides is 4. The molecular weight excluding hydrogens is 392 g/mol. The molecule has 0 aromatic heterocycles. The Hall–Kier alpha value is -3.66. The van der Waals surface area contributed by atoms with E-state index in [0.717, 1.165) is 23.3 Å². The smallest absolute Gasteiger partial charge is 0.328 e. The Kier molecular flexibility index (Phi) is 5.72. The highest BCUT2D eigenvalue weighted by Gasteiger charge is 2.47. The van der Waals surface area contributed by atoms with E-state index in [4.69, 9.17) is 0 Å². The van der Waals surface area contributed by atoms with Crippen molar-refractivity contribution >= 4 is 17.8 Å². The van der Waals surface area contributed by atoms with Crippen LogP contribution in [0.1, 0.15) is 42.9 Å². The van der Waals surface area contributed by atoms with Crippen molar-refractivity contribution in [3.8, 4) is 6.07 Å². The molecule has 4 amide bonds. The predicted molar refractivity (Wildman–Crippen MR) is 113 cm³/mol. The van der Waals surface area contributed by atoms with Gasteiger partial charge in [0.1, 0.15) is 18.1 Å². The first-order valence-corrected chi connectivity index (χ1v) is 10.5. The van der Waals surface area contributed by atoms with Gasteiger partial charge < -0.3 is 10.2 Å². The first-order chi connectivity index (χ1) is 15.0. The number of nitriles is 1. The van der Waals surface area contributed by atoms with Crippen LogP contribution in [-0.2, 0) is 16.1 Å². The van der Waals surface area contributed by atoms with E-state index in [0.29, 0.717) is 18.4 Å². The van der Waals surface area contributed by atoms with Crippen LogP contribution in [0.5, 0.6) is 0 Å². The summed E-state index contributed by atoms with van der Waals surface area (Å²) >= 11 is 0. The van der Waals surface area contributed by atoms with Crippen LogP contribution < -0.4 is 5.32 Å². The maximum atomic E-state index is 13.3. The molecule has 1 unspecified atom stereocenters. The van der Waals surface area contributed by atoms with Gasteiger partial charge in [0, 0.05) is 6.54 Å². The summed E-state index contributed by atoms with van der Waals surface area (Å²) in [5.74, 6) is -0.918. The third-order valence-electron chi connectivity index (χ3n) is 5.95. The molecule has 0 spiro atoms. The summed E-state index contributed by atoms with van der Waals surface area (Å²) in [7, 11) is 0. The van der Waals surface area contributed by atoms with Gasteiger partial charge in [-0.1, -0.05) is 60.7 Å². The lowest BCUT2D eigenvalue weighted by Crippen LogP contribution is -2.50. The van der Waals surface area contributed by atoms with Crippen LogP contribution in [-0.4, -0.2) is 39.7 Å². The highest BCUT2D eigenvalue weighted by atomic mass is 16.2. The highest BCUT2D eigenvalue weighted by Crippen LogP contribution is 2.33. The lowest BCUT2D eigenvalue weighted by Gasteiger charge is -2.23. The van der Waals surface area contributed by atoms with Crippen LogP contribution in [0, 0.1) is 11.3 Å². The van der Waals surface area contributed by atoms with Gasteiger partial charge in [-0.05, 0) is 36.8 Å². The monoisotopic (exact) mass is 416 g/mol. The van der Waals surface area contributed by atoms with E-state index in [1.165, 1.54) is 4.90 Å². The van der Waals surface area contributed by atoms with E-state index >= 15 is 0 Å². The number of hydrogen-bond acceptors (Lipinski definition) is 4. The van der Waals surface area contributed by atoms with Gasteiger partial charge in [0.05, 0.1) is 6.07 Å². The number of carbonyl (C=O) groups is 3. The van der Waals surface area contributed by atoms with Crippen LogP contribution in [0.25, 0.3) is 0 Å². The van der Waals surface area contributed by atoms with Gasteiger partial charge in [-0.15, -0.1) is 0 Å². The highest BCUT2D eigenvalue weighted by molar-refractivity contribution is 6.06. The molecule has 2 aromatic rings. The number of nitrogens with zero attached hydrogens (tertiary/aromatic N) is 3. The third-order valence-corrected chi connectivity index (χ3v) is 5.95. The van der Waals surface area contributed by atoms with Crippen LogP contribution in [0.3, 0.4) is 0 Å². The van der Waals surface area contributed by atoms with Crippen molar-refractivity contribution in [3.63, 3.8) is 0 Å². The number of hydrogen-bond donors (Lipinski definition) is 1. The molecular formula is C24H24N4O3. The summed E-state index contributed by atoms with van der Waals surface area (Å²) in [5.41, 5.74) is 0.695. The van der Waals surface area contributed by atoms with Gasteiger partial charge in [0.2, 0.25) is 5.91 Å². The Morgan fingerprint density at radius 2 is 1.65 bits per heavy atom. The molecule has 0 radical (unpaired) electrons. The van der Waals surface area contributed by atoms with E-state index in [2.05, 4.69) is 11.4 Å². The van der Waals surface area contributed by atoms with Crippen molar-refractivity contribution in [2.24, 2.45) is 0 Å². The average Bonchev–Trinajstić information content (AvgIpc) is 3.34. The van der Waals surface area contributed by atoms with Crippen LogP contribution >= 0.6 is 0 Å². The molecule has 1 aliphatic carbocycles. The Bertz CT molecular complexity index is 1010. The first-order valence-electron chi connectivity index (χ1n) is 10.5. The molecule has 31 heavy (non-hydrogen) atoms. The molecule has 0 bridgehead atoms. The van der Waals surface area contributed by atoms with Crippen LogP contribution in [0.2, 0.25) is 0 Å². The second kappa shape index (κ2) is 8.60. The summed E-state index contributed by atoms with van der Waals surface area (Å²) in [5, 5.41) is 12.3. The van der Waals surface area contributed by atoms with E-state index < -0.39 is 36.0 Å². The molecule has 1 aliphatic heterocycles. The molecule has 2 aliphatic rings. The van der Waals surface area contributed by atoms with Gasteiger partial charge in [-0.3, -0.25) is 14.5 Å². The Morgan fingerprint density at radius 3 is 2.26 bits per heavy atom. The maximum absolute atomic E-state index is 13.3. The quantitative estimate of drug-likeness (QED) is 0.732. The maximum Gasteiger partial charge on any atom is 0.328 e. The van der Waals surface area contributed by atoms with Gasteiger partial charge in [-0.25, -0.2) is 4.79 Å². The van der Waals surface area contributed by atoms with Crippen molar-refractivity contribution in [2.45, 2.75) is 43.8 Å². The number of carbonyl (C=O) groups excluding carboxylic acids is 3. The lowest BCUT2D eigenvalue weighted by molar-refractivity contribution is -0.133. The molecule has 7 heteroatoms. The van der Waals surface area contributed by atoms with Crippen molar-refractivity contribution < 1.29 is 14.4 Å².